The van der Waals surface area contributed by atoms with E-state index >= 15 is 0 Å². The lowest BCUT2D eigenvalue weighted by molar-refractivity contribution is 0.0342. The van der Waals surface area contributed by atoms with Crippen LogP contribution in [0.5, 0.6) is 0 Å². The van der Waals surface area contributed by atoms with Crippen LogP contribution in [0, 0.1) is 0 Å². The van der Waals surface area contributed by atoms with E-state index in [1.807, 2.05) is 6.20 Å². The summed E-state index contributed by atoms with van der Waals surface area (Å²) >= 11 is 0. The topological polar surface area (TPSA) is 53.2 Å². The van der Waals surface area contributed by atoms with E-state index < -0.39 is 0 Å². The molecule has 1 fully saturated rings. The molecule has 0 radical (unpaired) electrons. The average molecular weight is 286 g/mol. The van der Waals surface area contributed by atoms with Gasteiger partial charge in [-0.25, -0.2) is 4.98 Å². The van der Waals surface area contributed by atoms with E-state index in [0.717, 1.165) is 51.8 Å². The van der Waals surface area contributed by atoms with Crippen LogP contribution in [0.4, 0.5) is 0 Å². The van der Waals surface area contributed by atoms with Crippen molar-refractivity contribution in [3.63, 3.8) is 0 Å². The Labute approximate surface area is 125 Å². The summed E-state index contributed by atoms with van der Waals surface area (Å²) in [5.41, 5.74) is 2.68. The summed E-state index contributed by atoms with van der Waals surface area (Å²) < 4.78 is 5.39. The summed E-state index contributed by atoms with van der Waals surface area (Å²) in [6.45, 7) is 6.39. The van der Waals surface area contributed by atoms with Crippen LogP contribution in [-0.4, -0.2) is 41.2 Å². The molecule has 0 unspecified atom stereocenters. The molecule has 1 aliphatic rings. The summed E-state index contributed by atoms with van der Waals surface area (Å²) in [5, 5.41) is 3.41. The van der Waals surface area contributed by atoms with Crippen molar-refractivity contribution in [2.75, 3.05) is 26.3 Å². The Hall–Kier alpha value is -1.69. The molecule has 1 saturated heterocycles. The van der Waals surface area contributed by atoms with Crippen molar-refractivity contribution in [2.45, 2.75) is 19.6 Å². The van der Waals surface area contributed by atoms with Crippen molar-refractivity contribution < 1.29 is 4.74 Å². The minimum Gasteiger partial charge on any atom is -0.379 e. The minimum atomic E-state index is 0.765. The highest BCUT2D eigenvalue weighted by Gasteiger charge is 2.10. The van der Waals surface area contributed by atoms with Crippen molar-refractivity contribution in [1.82, 2.24) is 20.2 Å². The monoisotopic (exact) mass is 286 g/mol. The van der Waals surface area contributed by atoms with E-state index in [9.17, 15) is 0 Å². The number of nitrogens with one attached hydrogen (secondary N) is 2. The zero-order valence-corrected chi connectivity index (χ0v) is 12.2. The number of aromatic amines is 1. The Kier molecular flexibility index (Phi) is 4.99. The van der Waals surface area contributed by atoms with E-state index in [1.165, 1.54) is 11.1 Å². The molecular formula is C16H22N4O. The molecule has 1 aliphatic heterocycles. The molecule has 0 amide bonds. The van der Waals surface area contributed by atoms with Crippen LogP contribution in [0.25, 0.3) is 0 Å². The Morgan fingerprint density at radius 2 is 2.05 bits per heavy atom. The van der Waals surface area contributed by atoms with Gasteiger partial charge in [0.2, 0.25) is 0 Å². The molecule has 3 rings (SSSR count). The molecule has 2 N–H and O–H groups in total. The second-order valence-electron chi connectivity index (χ2n) is 5.35. The van der Waals surface area contributed by atoms with Crippen molar-refractivity contribution >= 4 is 0 Å². The number of imidazole rings is 1. The van der Waals surface area contributed by atoms with Gasteiger partial charge in [0.1, 0.15) is 5.82 Å². The van der Waals surface area contributed by atoms with Gasteiger partial charge in [0, 0.05) is 38.6 Å². The van der Waals surface area contributed by atoms with Gasteiger partial charge in [0.15, 0.2) is 0 Å². The third kappa shape index (κ3) is 4.39. The molecule has 0 atom stereocenters. The molecule has 0 aliphatic carbocycles. The van der Waals surface area contributed by atoms with Gasteiger partial charge < -0.3 is 15.0 Å². The zero-order valence-electron chi connectivity index (χ0n) is 12.2. The van der Waals surface area contributed by atoms with Crippen molar-refractivity contribution in [1.29, 1.82) is 0 Å². The largest absolute Gasteiger partial charge is 0.379 e. The van der Waals surface area contributed by atoms with Crippen LogP contribution in [0.2, 0.25) is 0 Å². The van der Waals surface area contributed by atoms with E-state index in [-0.39, 0.29) is 0 Å². The maximum atomic E-state index is 5.39. The standard InChI is InChI=1S/C16H22N4O/c1-2-14(11-17-12-16-18-4-5-19-16)10-15(3-1)13-20-6-8-21-9-7-20/h1-5,10,17H,6-9,11-13H2,(H,18,19). The highest BCUT2D eigenvalue weighted by molar-refractivity contribution is 5.23. The number of hydrogen-bond donors (Lipinski definition) is 2. The third-order valence-corrected chi connectivity index (χ3v) is 3.68. The Morgan fingerprint density at radius 3 is 2.86 bits per heavy atom. The first-order valence-electron chi connectivity index (χ1n) is 7.47. The highest BCUT2D eigenvalue weighted by atomic mass is 16.5. The van der Waals surface area contributed by atoms with E-state index in [2.05, 4.69) is 44.5 Å². The number of rotatable bonds is 6. The number of benzene rings is 1. The number of nitrogens with zero attached hydrogens (tertiary/aromatic N) is 2. The normalized spacial score (nSPS) is 16.2. The Balaban J connectivity index is 1.50. The predicted octanol–water partition coefficient (Wildman–Crippen LogP) is 1.53. The molecule has 0 saturated carbocycles. The summed E-state index contributed by atoms with van der Waals surface area (Å²) in [6.07, 6.45) is 3.62. The molecule has 21 heavy (non-hydrogen) atoms. The van der Waals surface area contributed by atoms with Gasteiger partial charge in [-0.2, -0.15) is 0 Å². The first kappa shape index (κ1) is 14.3. The molecule has 0 bridgehead atoms. The minimum absolute atomic E-state index is 0.765. The number of H-pyrrole nitrogens is 1. The summed E-state index contributed by atoms with van der Waals surface area (Å²) in [7, 11) is 0. The van der Waals surface area contributed by atoms with Crippen LogP contribution in [-0.2, 0) is 24.4 Å². The van der Waals surface area contributed by atoms with Gasteiger partial charge >= 0.3 is 0 Å². The summed E-state index contributed by atoms with van der Waals surface area (Å²) in [5.74, 6) is 0.972. The first-order chi connectivity index (χ1) is 10.4. The molecule has 5 heteroatoms. The lowest BCUT2D eigenvalue weighted by atomic mass is 10.1. The van der Waals surface area contributed by atoms with Crippen LogP contribution in [0.15, 0.2) is 36.7 Å². The van der Waals surface area contributed by atoms with Gasteiger partial charge in [-0.05, 0) is 11.1 Å². The van der Waals surface area contributed by atoms with Gasteiger partial charge in [-0.1, -0.05) is 24.3 Å². The van der Waals surface area contributed by atoms with Gasteiger partial charge in [0.05, 0.1) is 19.8 Å². The molecule has 2 aromatic rings. The van der Waals surface area contributed by atoms with Crippen LogP contribution >= 0.6 is 0 Å². The third-order valence-electron chi connectivity index (χ3n) is 3.68. The lowest BCUT2D eigenvalue weighted by Crippen LogP contribution is -2.35. The molecule has 1 aromatic heterocycles. The average Bonchev–Trinajstić information content (AvgIpc) is 3.02. The van der Waals surface area contributed by atoms with Gasteiger partial charge in [-0.15, -0.1) is 0 Å². The second kappa shape index (κ2) is 7.36. The van der Waals surface area contributed by atoms with Crippen molar-refractivity contribution in [3.05, 3.63) is 53.6 Å². The van der Waals surface area contributed by atoms with Gasteiger partial charge in [-0.3, -0.25) is 4.90 Å². The number of aromatic nitrogens is 2. The van der Waals surface area contributed by atoms with Crippen LogP contribution in [0.3, 0.4) is 0 Å². The molecule has 2 heterocycles. The van der Waals surface area contributed by atoms with E-state index in [1.54, 1.807) is 6.20 Å². The van der Waals surface area contributed by atoms with Crippen LogP contribution in [0.1, 0.15) is 17.0 Å². The fraction of sp³-hybridized carbons (Fsp3) is 0.438. The molecule has 5 nitrogen and oxygen atoms in total. The number of morpholine rings is 1. The number of ether oxygens (including phenoxy) is 1. The SMILES string of the molecule is c1cc(CNCc2ncc[nH]2)cc(CN2CCOCC2)c1. The quantitative estimate of drug-likeness (QED) is 0.845. The smallest absolute Gasteiger partial charge is 0.120 e. The van der Waals surface area contributed by atoms with Crippen molar-refractivity contribution in [3.8, 4) is 0 Å². The zero-order chi connectivity index (χ0) is 14.3. The molecular weight excluding hydrogens is 264 g/mol. The maximum absolute atomic E-state index is 5.39. The van der Waals surface area contributed by atoms with E-state index in [0.29, 0.717) is 0 Å². The maximum Gasteiger partial charge on any atom is 0.120 e. The second-order valence-corrected chi connectivity index (χ2v) is 5.35. The lowest BCUT2D eigenvalue weighted by Gasteiger charge is -2.26. The molecule has 0 spiro atoms. The predicted molar refractivity (Wildman–Crippen MR) is 81.7 cm³/mol. The van der Waals surface area contributed by atoms with Crippen molar-refractivity contribution in [2.24, 2.45) is 0 Å². The fourth-order valence-corrected chi connectivity index (χ4v) is 2.58. The van der Waals surface area contributed by atoms with Crippen LogP contribution < -0.4 is 5.32 Å². The first-order valence-corrected chi connectivity index (χ1v) is 7.47. The Bertz CT molecular complexity index is 535. The van der Waals surface area contributed by atoms with Gasteiger partial charge in [0.25, 0.3) is 0 Å². The summed E-state index contributed by atoms with van der Waals surface area (Å²) in [6, 6.07) is 8.79. The fourth-order valence-electron chi connectivity index (χ4n) is 2.58. The summed E-state index contributed by atoms with van der Waals surface area (Å²) in [4.78, 5) is 9.75. The van der Waals surface area contributed by atoms with E-state index in [4.69, 9.17) is 4.74 Å². The highest BCUT2D eigenvalue weighted by Crippen LogP contribution is 2.10. The number of hydrogen-bond acceptors (Lipinski definition) is 4. The molecule has 1 aromatic carbocycles. The molecule has 112 valence electrons. The Morgan fingerprint density at radius 1 is 1.19 bits per heavy atom.